The molecule has 9 nitrogen and oxygen atoms in total. The van der Waals surface area contributed by atoms with Crippen molar-refractivity contribution in [1.82, 2.24) is 19.8 Å². The molecule has 2 saturated heterocycles. The molecule has 2 aliphatic heterocycles. The summed E-state index contributed by atoms with van der Waals surface area (Å²) in [6, 6.07) is 7.50. The van der Waals surface area contributed by atoms with E-state index in [9.17, 15) is 14.4 Å². The second-order valence-electron chi connectivity index (χ2n) is 7.95. The summed E-state index contributed by atoms with van der Waals surface area (Å²) in [5, 5.41) is 2.68. The molecular formula is C22H29N5O4. The van der Waals surface area contributed by atoms with Gasteiger partial charge in [0, 0.05) is 39.1 Å². The largest absolute Gasteiger partial charge is 0.378 e. The molecule has 4 rings (SSSR count). The van der Waals surface area contributed by atoms with Gasteiger partial charge in [0.05, 0.1) is 30.8 Å². The van der Waals surface area contributed by atoms with Gasteiger partial charge >= 0.3 is 0 Å². The van der Waals surface area contributed by atoms with Crippen molar-refractivity contribution in [2.75, 3.05) is 50.8 Å². The summed E-state index contributed by atoms with van der Waals surface area (Å²) in [6.45, 7) is 3.99. The smallest absolute Gasteiger partial charge is 0.294 e. The van der Waals surface area contributed by atoms with E-state index < -0.39 is 0 Å². The van der Waals surface area contributed by atoms with Crippen molar-refractivity contribution in [2.45, 2.75) is 32.2 Å². The highest BCUT2D eigenvalue weighted by molar-refractivity contribution is 5.85. The van der Waals surface area contributed by atoms with Crippen molar-refractivity contribution in [3.8, 4) is 0 Å². The zero-order chi connectivity index (χ0) is 21.6. The number of aryl methyl sites for hydroxylation is 1. The van der Waals surface area contributed by atoms with Crippen LogP contribution in [0.1, 0.15) is 25.7 Å². The number of hydrogen-bond donors (Lipinski definition) is 1. The minimum Gasteiger partial charge on any atom is -0.378 e. The Bertz CT molecular complexity index is 993. The first-order valence-electron chi connectivity index (χ1n) is 11.0. The zero-order valence-corrected chi connectivity index (χ0v) is 17.7. The van der Waals surface area contributed by atoms with Crippen LogP contribution in [-0.4, -0.2) is 72.2 Å². The van der Waals surface area contributed by atoms with Crippen LogP contribution in [0.2, 0.25) is 0 Å². The predicted molar refractivity (Wildman–Crippen MR) is 117 cm³/mol. The number of aromatic nitrogens is 2. The molecule has 0 aliphatic carbocycles. The van der Waals surface area contributed by atoms with Crippen LogP contribution in [0.5, 0.6) is 0 Å². The molecule has 0 saturated carbocycles. The number of nitrogens with one attached hydrogen (secondary N) is 1. The summed E-state index contributed by atoms with van der Waals surface area (Å²) in [5.74, 6) is 0.0887. The zero-order valence-electron chi connectivity index (χ0n) is 17.7. The van der Waals surface area contributed by atoms with E-state index in [-0.39, 0.29) is 36.9 Å². The number of ether oxygens (including phenoxy) is 1. The first-order chi connectivity index (χ1) is 15.1. The third kappa shape index (κ3) is 5.04. The number of nitrogens with zero attached hydrogens (tertiary/aromatic N) is 4. The molecule has 166 valence electrons. The van der Waals surface area contributed by atoms with E-state index in [1.807, 2.05) is 24.3 Å². The molecular weight excluding hydrogens is 398 g/mol. The van der Waals surface area contributed by atoms with Gasteiger partial charge in [0.2, 0.25) is 11.8 Å². The lowest BCUT2D eigenvalue weighted by Gasteiger charge is -2.28. The molecule has 2 aliphatic rings. The summed E-state index contributed by atoms with van der Waals surface area (Å²) >= 11 is 0. The lowest BCUT2D eigenvalue weighted by Crippen LogP contribution is -2.45. The predicted octanol–water partition coefficient (Wildman–Crippen LogP) is 0.752. The van der Waals surface area contributed by atoms with E-state index in [1.54, 1.807) is 9.47 Å². The van der Waals surface area contributed by atoms with Crippen molar-refractivity contribution in [1.29, 1.82) is 0 Å². The number of carbonyl (C=O) groups excluding carboxylic acids is 2. The number of fused-ring (bicyclic) bond motifs is 1. The van der Waals surface area contributed by atoms with Gasteiger partial charge in [-0.2, -0.15) is 0 Å². The Hall–Kier alpha value is -2.94. The monoisotopic (exact) mass is 427 g/mol. The third-order valence-corrected chi connectivity index (χ3v) is 5.85. The van der Waals surface area contributed by atoms with Gasteiger partial charge in [-0.1, -0.05) is 12.1 Å². The molecule has 0 atom stereocenters. The van der Waals surface area contributed by atoms with E-state index in [0.717, 1.165) is 31.4 Å². The molecule has 0 bridgehead atoms. The fourth-order valence-electron chi connectivity index (χ4n) is 4.11. The fraction of sp³-hybridized carbons (Fsp3) is 0.545. The summed E-state index contributed by atoms with van der Waals surface area (Å²) in [5.41, 5.74) is 1.29. The summed E-state index contributed by atoms with van der Waals surface area (Å²) in [6.07, 6.45) is 3.38. The normalized spacial score (nSPS) is 17.0. The third-order valence-electron chi connectivity index (χ3n) is 5.85. The molecule has 1 N–H and O–H groups in total. The Balaban J connectivity index is 1.44. The molecule has 9 heteroatoms. The summed E-state index contributed by atoms with van der Waals surface area (Å²) in [7, 11) is 0. The minimum atomic E-state index is -0.256. The van der Waals surface area contributed by atoms with E-state index in [1.165, 1.54) is 6.42 Å². The summed E-state index contributed by atoms with van der Waals surface area (Å²) in [4.78, 5) is 46.2. The quantitative estimate of drug-likeness (QED) is 0.731. The minimum absolute atomic E-state index is 0.0378. The highest BCUT2D eigenvalue weighted by atomic mass is 16.5. The maximum absolute atomic E-state index is 13.2. The Labute approximate surface area is 181 Å². The average molecular weight is 428 g/mol. The van der Waals surface area contributed by atoms with Crippen molar-refractivity contribution in [2.24, 2.45) is 0 Å². The number of anilines is 1. The van der Waals surface area contributed by atoms with E-state index in [2.05, 4.69) is 15.2 Å². The number of carbonyl (C=O) groups is 2. The number of rotatable bonds is 6. The molecule has 0 spiro atoms. The van der Waals surface area contributed by atoms with Crippen LogP contribution >= 0.6 is 0 Å². The Morgan fingerprint density at radius 2 is 1.77 bits per heavy atom. The second-order valence-corrected chi connectivity index (χ2v) is 7.95. The van der Waals surface area contributed by atoms with E-state index in [4.69, 9.17) is 4.74 Å². The second kappa shape index (κ2) is 9.91. The maximum atomic E-state index is 13.2. The lowest BCUT2D eigenvalue weighted by molar-refractivity contribution is -0.136. The molecule has 2 fully saturated rings. The Morgan fingerprint density at radius 1 is 1.03 bits per heavy atom. The Morgan fingerprint density at radius 3 is 2.55 bits per heavy atom. The van der Waals surface area contributed by atoms with Gasteiger partial charge in [-0.3, -0.25) is 14.4 Å². The van der Waals surface area contributed by atoms with Gasteiger partial charge in [-0.15, -0.1) is 0 Å². The van der Waals surface area contributed by atoms with Gasteiger partial charge in [-0.25, -0.2) is 4.98 Å². The van der Waals surface area contributed by atoms with Crippen LogP contribution in [-0.2, 0) is 20.9 Å². The first-order valence-corrected chi connectivity index (χ1v) is 11.0. The van der Waals surface area contributed by atoms with Crippen molar-refractivity contribution in [3.63, 3.8) is 0 Å². The van der Waals surface area contributed by atoms with Crippen molar-refractivity contribution >= 4 is 28.7 Å². The number of para-hydroxylation sites is 2. The SMILES string of the molecule is O=C(CCn1c(=O)c(N2CCCCC2)nc2ccccc21)NCC(=O)N1CCOCC1. The van der Waals surface area contributed by atoms with Crippen LogP contribution in [0.3, 0.4) is 0 Å². The standard InChI is InChI=1S/C22H29N5O4/c28-19(23-16-20(29)25-12-14-31-15-13-25)8-11-27-18-7-3-2-6-17(18)24-21(22(27)30)26-9-4-1-5-10-26/h2-3,6-7H,1,4-5,8-16H2,(H,23,28). The molecule has 0 radical (unpaired) electrons. The topological polar surface area (TPSA) is 96.8 Å². The number of amides is 2. The molecule has 31 heavy (non-hydrogen) atoms. The van der Waals surface area contributed by atoms with Gasteiger partial charge in [0.25, 0.3) is 5.56 Å². The first kappa shape index (κ1) is 21.3. The summed E-state index contributed by atoms with van der Waals surface area (Å²) < 4.78 is 6.88. The van der Waals surface area contributed by atoms with Crippen LogP contribution in [0.4, 0.5) is 5.82 Å². The molecule has 1 aromatic carbocycles. The molecule has 2 amide bonds. The van der Waals surface area contributed by atoms with Gasteiger partial charge in [0.1, 0.15) is 0 Å². The van der Waals surface area contributed by atoms with Crippen LogP contribution in [0.25, 0.3) is 11.0 Å². The van der Waals surface area contributed by atoms with Crippen LogP contribution in [0, 0.1) is 0 Å². The number of benzene rings is 1. The van der Waals surface area contributed by atoms with Gasteiger partial charge in [0.15, 0.2) is 5.82 Å². The van der Waals surface area contributed by atoms with Crippen molar-refractivity contribution < 1.29 is 14.3 Å². The number of piperidine rings is 1. The Kier molecular flexibility index (Phi) is 6.81. The molecule has 3 heterocycles. The average Bonchev–Trinajstić information content (AvgIpc) is 2.82. The molecule has 0 unspecified atom stereocenters. The molecule has 1 aromatic heterocycles. The number of morpholine rings is 1. The van der Waals surface area contributed by atoms with E-state index in [0.29, 0.717) is 37.6 Å². The van der Waals surface area contributed by atoms with Crippen LogP contribution in [0.15, 0.2) is 29.1 Å². The maximum Gasteiger partial charge on any atom is 0.294 e. The molecule has 2 aromatic rings. The lowest BCUT2D eigenvalue weighted by atomic mass is 10.1. The fourth-order valence-corrected chi connectivity index (χ4v) is 4.11. The van der Waals surface area contributed by atoms with Crippen LogP contribution < -0.4 is 15.8 Å². The van der Waals surface area contributed by atoms with E-state index >= 15 is 0 Å². The van der Waals surface area contributed by atoms with Gasteiger partial charge in [-0.05, 0) is 31.4 Å². The van der Waals surface area contributed by atoms with Crippen molar-refractivity contribution in [3.05, 3.63) is 34.6 Å². The highest BCUT2D eigenvalue weighted by Gasteiger charge is 2.20. The van der Waals surface area contributed by atoms with Gasteiger partial charge < -0.3 is 24.4 Å². The highest BCUT2D eigenvalue weighted by Crippen LogP contribution is 2.18. The number of hydrogen-bond acceptors (Lipinski definition) is 6.